The summed E-state index contributed by atoms with van der Waals surface area (Å²) < 4.78 is 0. The van der Waals surface area contributed by atoms with Crippen LogP contribution in [0.2, 0.25) is 0 Å². The molecule has 7 rings (SSSR count). The van der Waals surface area contributed by atoms with E-state index in [-0.39, 0.29) is 20.1 Å². The van der Waals surface area contributed by atoms with Crippen LogP contribution in [0.25, 0.3) is 0 Å². The lowest BCUT2D eigenvalue weighted by molar-refractivity contribution is 1.71. The Morgan fingerprint density at radius 1 is 0.178 bits per heavy atom. The molecule has 0 fully saturated rings. The maximum absolute atomic E-state index is 2.46. The van der Waals surface area contributed by atoms with Gasteiger partial charge < -0.3 is 0 Å². The molecule has 0 amide bonds. The second kappa shape index (κ2) is 13.6. The Hall–Kier alpha value is -5.27. The summed E-state index contributed by atoms with van der Waals surface area (Å²) in [5.41, 5.74) is 11.6. The molecule has 0 radical (unpaired) electrons. The molecule has 210 valence electrons. The Kier molecular flexibility index (Phi) is 8.60. The monoisotopic (exact) mass is 570 g/mol. The fourth-order valence-corrected chi connectivity index (χ4v) is 6.81. The van der Waals surface area contributed by atoms with E-state index in [4.69, 9.17) is 0 Å². The van der Waals surface area contributed by atoms with E-state index >= 15 is 0 Å². The highest BCUT2D eigenvalue weighted by molar-refractivity contribution is 7.00. The van der Waals surface area contributed by atoms with E-state index in [1.165, 1.54) is 49.2 Å². The summed E-state index contributed by atoms with van der Waals surface area (Å²) in [4.78, 5) is 0. The zero-order valence-electron chi connectivity index (χ0n) is 25.3. The third-order valence-corrected chi connectivity index (χ3v) is 8.80. The van der Waals surface area contributed by atoms with Crippen LogP contribution in [0.3, 0.4) is 0 Å². The Bertz CT molecular complexity index is 1570. The van der Waals surface area contributed by atoms with Crippen molar-refractivity contribution in [3.63, 3.8) is 0 Å². The van der Waals surface area contributed by atoms with Crippen LogP contribution in [-0.2, 0) is 0 Å². The molecule has 7 aromatic rings. The van der Waals surface area contributed by atoms with Crippen molar-refractivity contribution in [2.75, 3.05) is 0 Å². The molecule has 0 unspecified atom stereocenters. The summed E-state index contributed by atoms with van der Waals surface area (Å²) >= 11 is 0. The van der Waals surface area contributed by atoms with Gasteiger partial charge in [0.1, 0.15) is 0 Å². The molecule has 0 heterocycles. The van der Waals surface area contributed by atoms with Gasteiger partial charge >= 0.3 is 0 Å². The van der Waals surface area contributed by atoms with Gasteiger partial charge in [-0.2, -0.15) is 0 Å². The van der Waals surface area contributed by atoms with Crippen molar-refractivity contribution in [2.24, 2.45) is 0 Å². The highest BCUT2D eigenvalue weighted by Crippen LogP contribution is 2.01. The van der Waals surface area contributed by atoms with Gasteiger partial charge in [0, 0.05) is 0 Å². The Labute approximate surface area is 268 Å². The zero-order valence-corrected chi connectivity index (χ0v) is 25.3. The van der Waals surface area contributed by atoms with Crippen molar-refractivity contribution in [3.05, 3.63) is 200 Å². The van der Waals surface area contributed by atoms with Crippen molar-refractivity contribution < 1.29 is 0 Å². The van der Waals surface area contributed by atoms with Crippen LogP contribution in [-0.4, -0.2) is 20.1 Å². The summed E-state index contributed by atoms with van der Waals surface area (Å²) in [5, 5.41) is 0. The van der Waals surface area contributed by atoms with E-state index < -0.39 is 0 Å². The first kappa shape index (κ1) is 28.5. The summed E-state index contributed by atoms with van der Waals surface area (Å²) in [5.74, 6) is 0. The predicted octanol–water partition coefficient (Wildman–Crippen LogP) is 3.24. The molecule has 0 aliphatic heterocycles. The normalized spacial score (nSPS) is 10.7. The number of hydrogen-bond acceptors (Lipinski definition) is 0. The topological polar surface area (TPSA) is 0 Å². The summed E-state index contributed by atoms with van der Waals surface area (Å²) in [6, 6.07) is 73.1. The lowest BCUT2D eigenvalue weighted by Gasteiger charge is -2.24. The van der Waals surface area contributed by atoms with Crippen molar-refractivity contribution in [3.8, 4) is 0 Å². The SMILES string of the molecule is c1ccc(B(c2ccccc2)c2cc(B(c3ccccc3)c3ccccc3)cc(B(c3ccccc3)c3ccccc3)c2)cc1. The van der Waals surface area contributed by atoms with E-state index in [1.54, 1.807) is 0 Å². The van der Waals surface area contributed by atoms with E-state index in [2.05, 4.69) is 200 Å². The standard InChI is InChI=1S/C42H33B3/c1-7-19-34(20-8-1)43(35-21-9-2-10-22-35)40-31-41(44(36-23-11-3-12-24-36)37-25-13-4-14-26-37)33-42(32-40)45(38-27-15-5-16-28-38)39-29-17-6-18-30-39/h1-33H. The molecule has 0 aliphatic carbocycles. The first-order valence-corrected chi connectivity index (χ1v) is 15.8. The molecular weight excluding hydrogens is 537 g/mol. The van der Waals surface area contributed by atoms with E-state index in [1.807, 2.05) is 0 Å². The van der Waals surface area contributed by atoms with Crippen LogP contribution in [0.15, 0.2) is 200 Å². The lowest BCUT2D eigenvalue weighted by atomic mass is 9.30. The van der Waals surface area contributed by atoms with Crippen molar-refractivity contribution in [2.45, 2.75) is 0 Å². The third kappa shape index (κ3) is 6.35. The zero-order chi connectivity index (χ0) is 30.3. The fourth-order valence-electron chi connectivity index (χ4n) is 6.81. The quantitative estimate of drug-likeness (QED) is 0.234. The Morgan fingerprint density at radius 2 is 0.333 bits per heavy atom. The van der Waals surface area contributed by atoms with Crippen LogP contribution < -0.4 is 49.2 Å². The maximum atomic E-state index is 2.46. The summed E-state index contributed by atoms with van der Waals surface area (Å²) in [6.45, 7) is 0.265. The number of rotatable bonds is 9. The van der Waals surface area contributed by atoms with Crippen LogP contribution >= 0.6 is 0 Å². The van der Waals surface area contributed by atoms with Gasteiger partial charge in [0.25, 0.3) is 0 Å². The van der Waals surface area contributed by atoms with Gasteiger partial charge in [0.05, 0.1) is 0 Å². The van der Waals surface area contributed by atoms with Gasteiger partial charge in [-0.15, -0.1) is 0 Å². The van der Waals surface area contributed by atoms with E-state index in [0.29, 0.717) is 0 Å². The highest BCUT2D eigenvalue weighted by Gasteiger charge is 2.30. The molecule has 0 saturated heterocycles. The van der Waals surface area contributed by atoms with Crippen molar-refractivity contribution in [1.82, 2.24) is 0 Å². The molecule has 0 aromatic heterocycles. The molecule has 0 atom stereocenters. The number of hydrogen-bond donors (Lipinski definition) is 0. The molecule has 45 heavy (non-hydrogen) atoms. The molecule has 3 heteroatoms. The smallest absolute Gasteiger partial charge is 0.0717 e. The molecule has 7 aromatic carbocycles. The summed E-state index contributed by atoms with van der Waals surface area (Å²) in [7, 11) is 0. The number of benzene rings is 7. The fraction of sp³-hybridized carbons (Fsp3) is 0. The first-order chi connectivity index (χ1) is 22.3. The predicted molar refractivity (Wildman–Crippen MR) is 199 cm³/mol. The third-order valence-electron chi connectivity index (χ3n) is 8.80. The average molecular weight is 570 g/mol. The lowest BCUT2D eigenvalue weighted by Crippen LogP contribution is -2.60. The maximum Gasteiger partial charge on any atom is 0.241 e. The van der Waals surface area contributed by atoms with E-state index in [9.17, 15) is 0 Å². The Morgan fingerprint density at radius 3 is 0.489 bits per heavy atom. The molecule has 0 spiro atoms. The van der Waals surface area contributed by atoms with Gasteiger partial charge in [0.2, 0.25) is 20.1 Å². The van der Waals surface area contributed by atoms with Crippen LogP contribution in [0.4, 0.5) is 0 Å². The first-order valence-electron chi connectivity index (χ1n) is 15.8. The minimum Gasteiger partial charge on any atom is -0.0717 e. The molecule has 0 bridgehead atoms. The highest BCUT2D eigenvalue weighted by atomic mass is 14.1. The molecular formula is C42H33B3. The van der Waals surface area contributed by atoms with Crippen molar-refractivity contribution in [1.29, 1.82) is 0 Å². The van der Waals surface area contributed by atoms with Gasteiger partial charge in [-0.25, -0.2) is 0 Å². The second-order valence-electron chi connectivity index (χ2n) is 11.7. The average Bonchev–Trinajstić information content (AvgIpc) is 3.12. The summed E-state index contributed by atoms with van der Waals surface area (Å²) in [6.07, 6.45) is 0. The van der Waals surface area contributed by atoms with Gasteiger partial charge in [-0.1, -0.05) is 249 Å². The second-order valence-corrected chi connectivity index (χ2v) is 11.7. The van der Waals surface area contributed by atoms with Crippen LogP contribution in [0, 0.1) is 0 Å². The van der Waals surface area contributed by atoms with Crippen molar-refractivity contribution >= 4 is 69.3 Å². The molecule has 0 saturated carbocycles. The van der Waals surface area contributed by atoms with Gasteiger partial charge in [-0.05, 0) is 0 Å². The molecule has 0 aliphatic rings. The molecule has 0 N–H and O–H groups in total. The minimum absolute atomic E-state index is 0.0884. The minimum atomic E-state index is 0.0884. The van der Waals surface area contributed by atoms with Crippen LogP contribution in [0.5, 0.6) is 0 Å². The van der Waals surface area contributed by atoms with E-state index in [0.717, 1.165) is 0 Å². The van der Waals surface area contributed by atoms with Gasteiger partial charge in [0.15, 0.2) is 0 Å². The van der Waals surface area contributed by atoms with Gasteiger partial charge in [-0.3, -0.25) is 0 Å². The largest absolute Gasteiger partial charge is 0.241 e. The Balaban J connectivity index is 1.52. The van der Waals surface area contributed by atoms with Crippen LogP contribution in [0.1, 0.15) is 0 Å². The molecule has 0 nitrogen and oxygen atoms in total.